The minimum atomic E-state index is 0.673. The summed E-state index contributed by atoms with van der Waals surface area (Å²) in [6, 6.07) is 2.56. The summed E-state index contributed by atoms with van der Waals surface area (Å²) in [4.78, 5) is 13.7. The summed E-state index contributed by atoms with van der Waals surface area (Å²) < 4.78 is 5.86. The number of nitrogens with two attached hydrogens (primary N) is 1. The van der Waals surface area contributed by atoms with Gasteiger partial charge in [0, 0.05) is 32.2 Å². The van der Waals surface area contributed by atoms with Crippen LogP contribution >= 0.6 is 0 Å². The van der Waals surface area contributed by atoms with Gasteiger partial charge < -0.3 is 20.0 Å². The molecule has 2 fully saturated rings. The van der Waals surface area contributed by atoms with Crippen molar-refractivity contribution in [2.75, 3.05) is 41.7 Å². The lowest BCUT2D eigenvalue weighted by atomic mass is 10.1. The number of anilines is 3. The number of fused-ring (bicyclic) bond motifs is 1. The Morgan fingerprint density at radius 3 is 2.33 bits per heavy atom. The zero-order valence-corrected chi connectivity index (χ0v) is 12.2. The molecule has 0 amide bonds. The zero-order valence-electron chi connectivity index (χ0n) is 12.2. The van der Waals surface area contributed by atoms with Gasteiger partial charge in [-0.05, 0) is 32.1 Å². The number of aromatic nitrogens is 2. The van der Waals surface area contributed by atoms with Crippen LogP contribution in [-0.4, -0.2) is 36.1 Å². The van der Waals surface area contributed by atoms with Crippen molar-refractivity contribution in [1.29, 1.82) is 0 Å². The number of hydrogen-bond acceptors (Lipinski definition) is 6. The Bertz CT molecular complexity index is 641. The van der Waals surface area contributed by atoms with Crippen molar-refractivity contribution >= 4 is 28.8 Å². The fraction of sp³-hybridized carbons (Fsp3) is 0.600. The number of nitrogens with zero attached hydrogens (tertiary/aromatic N) is 4. The quantitative estimate of drug-likeness (QED) is 0.914. The normalized spacial score (nSPS) is 19.6. The van der Waals surface area contributed by atoms with E-state index in [1.165, 1.54) is 32.1 Å². The number of oxazole rings is 1. The van der Waals surface area contributed by atoms with E-state index in [4.69, 9.17) is 10.2 Å². The Morgan fingerprint density at radius 2 is 1.57 bits per heavy atom. The minimum absolute atomic E-state index is 0.673. The monoisotopic (exact) mass is 287 g/mol. The average Bonchev–Trinajstić information content (AvgIpc) is 3.16. The molecule has 0 unspecified atom stereocenters. The molecular formula is C15H21N5O. The molecule has 2 aromatic rings. The van der Waals surface area contributed by atoms with Gasteiger partial charge in [0.05, 0.1) is 5.69 Å². The van der Waals surface area contributed by atoms with Crippen LogP contribution < -0.4 is 15.5 Å². The van der Waals surface area contributed by atoms with Crippen molar-refractivity contribution in [3.05, 3.63) is 6.07 Å². The SMILES string of the molecule is Nc1cc2oc(N3CCCCC3)nc2nc1N1CCCC1. The molecular weight excluding hydrogens is 266 g/mol. The van der Waals surface area contributed by atoms with Crippen molar-refractivity contribution in [3.63, 3.8) is 0 Å². The largest absolute Gasteiger partial charge is 0.422 e. The van der Waals surface area contributed by atoms with E-state index in [0.29, 0.717) is 22.9 Å². The molecule has 0 aromatic carbocycles. The third-order valence-corrected chi connectivity index (χ3v) is 4.41. The molecule has 2 saturated heterocycles. The molecule has 4 rings (SSSR count). The number of rotatable bonds is 2. The van der Waals surface area contributed by atoms with Gasteiger partial charge in [0.2, 0.25) is 5.65 Å². The van der Waals surface area contributed by atoms with Gasteiger partial charge in [-0.2, -0.15) is 4.98 Å². The molecule has 6 nitrogen and oxygen atoms in total. The molecule has 2 aromatic heterocycles. The second-order valence-electron chi connectivity index (χ2n) is 5.96. The van der Waals surface area contributed by atoms with Gasteiger partial charge in [0.1, 0.15) is 0 Å². The third kappa shape index (κ3) is 2.28. The summed E-state index contributed by atoms with van der Waals surface area (Å²) in [5, 5.41) is 0. The van der Waals surface area contributed by atoms with Crippen LogP contribution in [0.15, 0.2) is 10.5 Å². The number of nitrogen functional groups attached to an aromatic ring is 1. The van der Waals surface area contributed by atoms with Crippen LogP contribution in [-0.2, 0) is 0 Å². The first-order chi connectivity index (χ1) is 10.3. The van der Waals surface area contributed by atoms with Crippen LogP contribution in [0.3, 0.4) is 0 Å². The highest BCUT2D eigenvalue weighted by Gasteiger charge is 2.21. The van der Waals surface area contributed by atoms with Gasteiger partial charge >= 0.3 is 0 Å². The smallest absolute Gasteiger partial charge is 0.299 e. The molecule has 0 aliphatic carbocycles. The molecule has 0 atom stereocenters. The lowest BCUT2D eigenvalue weighted by Gasteiger charge is -2.24. The fourth-order valence-corrected chi connectivity index (χ4v) is 3.26. The molecule has 4 heterocycles. The zero-order chi connectivity index (χ0) is 14.2. The van der Waals surface area contributed by atoms with E-state index in [1.54, 1.807) is 0 Å². The Morgan fingerprint density at radius 1 is 0.905 bits per heavy atom. The van der Waals surface area contributed by atoms with Gasteiger partial charge in [0.25, 0.3) is 6.01 Å². The Balaban J connectivity index is 1.70. The van der Waals surface area contributed by atoms with Crippen molar-refractivity contribution in [3.8, 4) is 0 Å². The molecule has 2 aliphatic heterocycles. The first-order valence-corrected chi connectivity index (χ1v) is 7.88. The molecule has 0 saturated carbocycles. The van der Waals surface area contributed by atoms with Crippen LogP contribution in [0.5, 0.6) is 0 Å². The summed E-state index contributed by atoms with van der Waals surface area (Å²) in [5.41, 5.74) is 8.20. The minimum Gasteiger partial charge on any atom is -0.422 e. The van der Waals surface area contributed by atoms with Crippen LogP contribution in [0.1, 0.15) is 32.1 Å². The second-order valence-corrected chi connectivity index (χ2v) is 5.96. The topological polar surface area (TPSA) is 71.4 Å². The number of piperidine rings is 1. The molecule has 0 radical (unpaired) electrons. The van der Waals surface area contributed by atoms with E-state index in [9.17, 15) is 0 Å². The predicted octanol–water partition coefficient (Wildman–Crippen LogP) is 2.40. The lowest BCUT2D eigenvalue weighted by Crippen LogP contribution is -2.29. The van der Waals surface area contributed by atoms with E-state index in [2.05, 4.69) is 19.8 Å². The second kappa shape index (κ2) is 5.09. The maximum absolute atomic E-state index is 6.15. The van der Waals surface area contributed by atoms with Crippen molar-refractivity contribution in [1.82, 2.24) is 9.97 Å². The van der Waals surface area contributed by atoms with Crippen LogP contribution in [0.25, 0.3) is 11.2 Å². The Kier molecular flexibility index (Phi) is 3.09. The first-order valence-electron chi connectivity index (χ1n) is 7.88. The summed E-state index contributed by atoms with van der Waals surface area (Å²) in [6.45, 7) is 4.08. The molecule has 2 aliphatic rings. The van der Waals surface area contributed by atoms with Gasteiger partial charge in [0.15, 0.2) is 11.4 Å². The highest BCUT2D eigenvalue weighted by atomic mass is 16.4. The average molecular weight is 287 g/mol. The van der Waals surface area contributed by atoms with Crippen molar-refractivity contribution in [2.24, 2.45) is 0 Å². The maximum atomic E-state index is 6.15. The Hall–Kier alpha value is -1.98. The van der Waals surface area contributed by atoms with Gasteiger partial charge in [-0.3, -0.25) is 0 Å². The summed E-state index contributed by atoms with van der Waals surface area (Å²) in [5.74, 6) is 0.860. The van der Waals surface area contributed by atoms with E-state index in [1.807, 2.05) is 6.07 Å². The third-order valence-electron chi connectivity index (χ3n) is 4.41. The highest BCUT2D eigenvalue weighted by molar-refractivity contribution is 5.80. The molecule has 0 spiro atoms. The van der Waals surface area contributed by atoms with Crippen molar-refractivity contribution in [2.45, 2.75) is 32.1 Å². The molecule has 0 bridgehead atoms. The van der Waals surface area contributed by atoms with E-state index in [-0.39, 0.29) is 0 Å². The van der Waals surface area contributed by atoms with Gasteiger partial charge in [-0.1, -0.05) is 0 Å². The van der Waals surface area contributed by atoms with Crippen molar-refractivity contribution < 1.29 is 4.42 Å². The standard InChI is InChI=1S/C15H21N5O/c16-11-10-12-13(17-14(11)19-6-4-5-7-19)18-15(21-12)20-8-2-1-3-9-20/h10H,1-9,16H2. The number of pyridine rings is 1. The van der Waals surface area contributed by atoms with E-state index >= 15 is 0 Å². The molecule has 2 N–H and O–H groups in total. The van der Waals surface area contributed by atoms with Crippen LogP contribution in [0, 0.1) is 0 Å². The van der Waals surface area contributed by atoms with Gasteiger partial charge in [-0.15, -0.1) is 0 Å². The summed E-state index contributed by atoms with van der Waals surface area (Å²) in [6.07, 6.45) is 6.11. The summed E-state index contributed by atoms with van der Waals surface area (Å²) >= 11 is 0. The molecule has 21 heavy (non-hydrogen) atoms. The fourth-order valence-electron chi connectivity index (χ4n) is 3.26. The van der Waals surface area contributed by atoms with E-state index in [0.717, 1.165) is 32.0 Å². The first kappa shape index (κ1) is 12.7. The highest BCUT2D eigenvalue weighted by Crippen LogP contribution is 2.30. The van der Waals surface area contributed by atoms with Crippen LogP contribution in [0.2, 0.25) is 0 Å². The van der Waals surface area contributed by atoms with E-state index < -0.39 is 0 Å². The summed E-state index contributed by atoms with van der Waals surface area (Å²) in [7, 11) is 0. The Labute approximate surface area is 123 Å². The lowest BCUT2D eigenvalue weighted by molar-refractivity contribution is 0.509. The van der Waals surface area contributed by atoms with Gasteiger partial charge in [-0.25, -0.2) is 4.98 Å². The predicted molar refractivity (Wildman–Crippen MR) is 83.7 cm³/mol. The molecule has 112 valence electrons. The van der Waals surface area contributed by atoms with Crippen LogP contribution in [0.4, 0.5) is 17.5 Å². The number of hydrogen-bond donors (Lipinski definition) is 1. The maximum Gasteiger partial charge on any atom is 0.299 e. The molecule has 6 heteroatoms.